The molecule has 5 heteroatoms. The Morgan fingerprint density at radius 1 is 1.45 bits per heavy atom. The Kier molecular flexibility index (Phi) is 6.57. The van der Waals surface area contributed by atoms with Gasteiger partial charge in [-0.25, -0.2) is 4.79 Å². The molecule has 1 aliphatic heterocycles. The number of halogens is 1. The third-order valence-corrected chi connectivity index (χ3v) is 4.85. The minimum atomic E-state index is -0.445. The fourth-order valence-corrected chi connectivity index (χ4v) is 3.13. The summed E-state index contributed by atoms with van der Waals surface area (Å²) in [6.45, 7) is 11.3. The summed E-state index contributed by atoms with van der Waals surface area (Å²) in [7, 11) is 0. The van der Waals surface area contributed by atoms with Crippen molar-refractivity contribution in [1.82, 2.24) is 4.90 Å². The zero-order valence-corrected chi connectivity index (χ0v) is 15.5. The van der Waals surface area contributed by atoms with E-state index in [4.69, 9.17) is 9.47 Å². The van der Waals surface area contributed by atoms with E-state index in [9.17, 15) is 4.79 Å². The van der Waals surface area contributed by atoms with E-state index in [1.807, 2.05) is 20.8 Å². The Labute approximate surface area is 136 Å². The minimum Gasteiger partial charge on any atom is -0.444 e. The van der Waals surface area contributed by atoms with Crippen LogP contribution in [0.5, 0.6) is 0 Å². The highest BCUT2D eigenvalue weighted by molar-refractivity contribution is 14.1. The van der Waals surface area contributed by atoms with Gasteiger partial charge in [-0.05, 0) is 47.0 Å². The van der Waals surface area contributed by atoms with Crippen molar-refractivity contribution in [2.45, 2.75) is 71.2 Å². The highest BCUT2D eigenvalue weighted by Crippen LogP contribution is 2.30. The Morgan fingerprint density at radius 2 is 2.10 bits per heavy atom. The third kappa shape index (κ3) is 5.39. The summed E-state index contributed by atoms with van der Waals surface area (Å²) in [5, 5.41) is 0. The van der Waals surface area contributed by atoms with Crippen molar-refractivity contribution in [3.8, 4) is 0 Å². The second-order valence-corrected chi connectivity index (χ2v) is 7.42. The van der Waals surface area contributed by atoms with E-state index in [1.54, 1.807) is 4.90 Å². The molecule has 4 nitrogen and oxygen atoms in total. The molecule has 0 aromatic rings. The number of hydrogen-bond acceptors (Lipinski definition) is 3. The Hall–Kier alpha value is -0.0400. The van der Waals surface area contributed by atoms with Gasteiger partial charge in [-0.1, -0.05) is 29.5 Å². The van der Waals surface area contributed by atoms with E-state index >= 15 is 0 Å². The zero-order valence-electron chi connectivity index (χ0n) is 13.4. The highest BCUT2D eigenvalue weighted by Gasteiger charge is 2.39. The van der Waals surface area contributed by atoms with Crippen LogP contribution in [0.1, 0.15) is 53.9 Å². The van der Waals surface area contributed by atoms with E-state index in [-0.39, 0.29) is 17.8 Å². The number of carbonyl (C=O) groups is 1. The lowest BCUT2D eigenvalue weighted by atomic mass is 9.94. The fourth-order valence-electron chi connectivity index (χ4n) is 2.33. The Morgan fingerprint density at radius 3 is 2.60 bits per heavy atom. The predicted molar refractivity (Wildman–Crippen MR) is 89.5 cm³/mol. The number of carbonyl (C=O) groups excluding carboxylic acids is 1. The first-order chi connectivity index (χ1) is 9.21. The van der Waals surface area contributed by atoms with Gasteiger partial charge >= 0.3 is 6.09 Å². The SMILES string of the molecule is CCC(C)OC1(CI)CCCN(C(=O)OC(C)(C)C)C1. The van der Waals surface area contributed by atoms with Crippen molar-refractivity contribution in [2.24, 2.45) is 0 Å². The van der Waals surface area contributed by atoms with Crippen LogP contribution in [-0.2, 0) is 9.47 Å². The van der Waals surface area contributed by atoms with Gasteiger partial charge in [0, 0.05) is 11.0 Å². The van der Waals surface area contributed by atoms with Crippen molar-refractivity contribution >= 4 is 28.7 Å². The number of rotatable bonds is 4. The summed E-state index contributed by atoms with van der Waals surface area (Å²) >= 11 is 2.37. The molecule has 1 saturated heterocycles. The summed E-state index contributed by atoms with van der Waals surface area (Å²) in [6, 6.07) is 0. The van der Waals surface area contributed by atoms with Crippen LogP contribution in [0.2, 0.25) is 0 Å². The van der Waals surface area contributed by atoms with Gasteiger partial charge in [0.2, 0.25) is 0 Å². The molecule has 0 aromatic carbocycles. The molecule has 118 valence electrons. The quantitative estimate of drug-likeness (QED) is 0.532. The molecule has 0 aliphatic carbocycles. The molecule has 1 fully saturated rings. The lowest BCUT2D eigenvalue weighted by Gasteiger charge is -2.43. The highest BCUT2D eigenvalue weighted by atomic mass is 127. The van der Waals surface area contributed by atoms with E-state index in [0.29, 0.717) is 6.54 Å². The second kappa shape index (κ2) is 7.29. The molecule has 2 atom stereocenters. The number of likely N-dealkylation sites (tertiary alicyclic amines) is 1. The topological polar surface area (TPSA) is 38.8 Å². The molecule has 0 aromatic heterocycles. The molecule has 1 rings (SSSR count). The lowest BCUT2D eigenvalue weighted by Crippen LogP contribution is -2.54. The first-order valence-corrected chi connectivity index (χ1v) is 8.95. The van der Waals surface area contributed by atoms with Gasteiger partial charge in [0.25, 0.3) is 0 Å². The van der Waals surface area contributed by atoms with Crippen molar-refractivity contribution in [3.05, 3.63) is 0 Å². The molecule has 1 heterocycles. The monoisotopic (exact) mass is 397 g/mol. The molecule has 0 N–H and O–H groups in total. The van der Waals surface area contributed by atoms with Crippen molar-refractivity contribution in [1.29, 1.82) is 0 Å². The van der Waals surface area contributed by atoms with Gasteiger partial charge in [0.15, 0.2) is 0 Å². The van der Waals surface area contributed by atoms with Crippen LogP contribution >= 0.6 is 22.6 Å². The van der Waals surface area contributed by atoms with Crippen LogP contribution in [0.15, 0.2) is 0 Å². The number of piperidine rings is 1. The van der Waals surface area contributed by atoms with Crippen LogP contribution in [0.4, 0.5) is 4.79 Å². The molecule has 0 saturated carbocycles. The number of ether oxygens (including phenoxy) is 2. The lowest BCUT2D eigenvalue weighted by molar-refractivity contribution is -0.107. The van der Waals surface area contributed by atoms with Gasteiger partial charge in [0.1, 0.15) is 5.60 Å². The summed E-state index contributed by atoms with van der Waals surface area (Å²) in [4.78, 5) is 14.0. The van der Waals surface area contributed by atoms with Crippen LogP contribution < -0.4 is 0 Å². The molecule has 1 amide bonds. The molecule has 0 radical (unpaired) electrons. The maximum absolute atomic E-state index is 12.2. The molecular weight excluding hydrogens is 369 g/mol. The fraction of sp³-hybridized carbons (Fsp3) is 0.933. The van der Waals surface area contributed by atoms with Gasteiger partial charge < -0.3 is 14.4 Å². The summed E-state index contributed by atoms with van der Waals surface area (Å²) in [5.41, 5.74) is -0.662. The first-order valence-electron chi connectivity index (χ1n) is 7.43. The van der Waals surface area contributed by atoms with Crippen molar-refractivity contribution in [3.63, 3.8) is 0 Å². The summed E-state index contributed by atoms with van der Waals surface area (Å²) in [5.74, 6) is 0. The van der Waals surface area contributed by atoms with Crippen LogP contribution in [0.3, 0.4) is 0 Å². The average Bonchev–Trinajstić information content (AvgIpc) is 2.37. The van der Waals surface area contributed by atoms with Gasteiger partial charge in [-0.3, -0.25) is 0 Å². The van der Waals surface area contributed by atoms with E-state index in [2.05, 4.69) is 36.4 Å². The summed E-state index contributed by atoms with van der Waals surface area (Å²) < 4.78 is 12.6. The minimum absolute atomic E-state index is 0.217. The first kappa shape index (κ1) is 18.0. The smallest absolute Gasteiger partial charge is 0.410 e. The van der Waals surface area contributed by atoms with Gasteiger partial charge in [0.05, 0.1) is 18.2 Å². The van der Waals surface area contributed by atoms with E-state index in [0.717, 1.165) is 30.2 Å². The molecular formula is C15H28INO3. The van der Waals surface area contributed by atoms with Crippen LogP contribution in [0, 0.1) is 0 Å². The second-order valence-electron chi connectivity index (χ2n) is 6.66. The maximum atomic E-state index is 12.2. The molecule has 0 spiro atoms. The molecule has 0 bridgehead atoms. The molecule has 1 aliphatic rings. The number of nitrogens with zero attached hydrogens (tertiary/aromatic N) is 1. The Bertz CT molecular complexity index is 330. The van der Waals surface area contributed by atoms with Gasteiger partial charge in [-0.15, -0.1) is 0 Å². The normalized spacial score (nSPS) is 25.4. The van der Waals surface area contributed by atoms with Crippen molar-refractivity contribution in [2.75, 3.05) is 17.5 Å². The van der Waals surface area contributed by atoms with Gasteiger partial charge in [-0.2, -0.15) is 0 Å². The van der Waals surface area contributed by atoms with Crippen molar-refractivity contribution < 1.29 is 14.3 Å². The predicted octanol–water partition coefficient (Wildman–Crippen LogP) is 4.01. The third-order valence-electron chi connectivity index (χ3n) is 3.46. The largest absolute Gasteiger partial charge is 0.444 e. The van der Waals surface area contributed by atoms with Crippen LogP contribution in [-0.4, -0.2) is 45.8 Å². The Balaban J connectivity index is 2.70. The average molecular weight is 397 g/mol. The van der Waals surface area contributed by atoms with E-state index < -0.39 is 5.60 Å². The number of hydrogen-bond donors (Lipinski definition) is 0. The van der Waals surface area contributed by atoms with E-state index in [1.165, 1.54) is 0 Å². The standard InChI is InChI=1S/C15H28INO3/c1-6-12(2)19-15(10-16)8-7-9-17(11-15)13(18)20-14(3,4)5/h12H,6-11H2,1-5H3. The molecule has 2 unspecified atom stereocenters. The van der Waals surface area contributed by atoms with Crippen LogP contribution in [0.25, 0.3) is 0 Å². The number of amides is 1. The molecule has 20 heavy (non-hydrogen) atoms. The zero-order chi connectivity index (χ0) is 15.4. The summed E-state index contributed by atoms with van der Waals surface area (Å²) in [6.07, 6.45) is 2.98. The number of alkyl halides is 1. The maximum Gasteiger partial charge on any atom is 0.410 e.